The zero-order valence-electron chi connectivity index (χ0n) is 46.1. The second-order valence-corrected chi connectivity index (χ2v) is 21.0. The number of nitrogens with one attached hydrogen (secondary N) is 5. The van der Waals surface area contributed by atoms with Gasteiger partial charge in [0.1, 0.15) is 5.82 Å². The molecule has 2 heterocycles. The van der Waals surface area contributed by atoms with E-state index in [2.05, 4.69) is 54.3 Å². The maximum Gasteiger partial charge on any atom is 0.229 e. The van der Waals surface area contributed by atoms with Gasteiger partial charge in [-0.1, -0.05) is 163 Å². The van der Waals surface area contributed by atoms with Gasteiger partial charge in [0, 0.05) is 64.6 Å². The first-order valence-electron chi connectivity index (χ1n) is 30.1. The lowest BCUT2D eigenvalue weighted by Gasteiger charge is -2.29. The third kappa shape index (κ3) is 30.0. The molecule has 5 N–H and O–H groups in total. The average Bonchev–Trinajstić information content (AvgIpc) is 3.38. The van der Waals surface area contributed by atoms with Crippen LogP contribution < -0.4 is 26.6 Å². The minimum atomic E-state index is 0.304. The Kier molecular flexibility index (Phi) is 35.1. The van der Waals surface area contributed by atoms with Crippen LogP contribution in [0.4, 0.5) is 29.7 Å². The van der Waals surface area contributed by atoms with Crippen LogP contribution in [-0.4, -0.2) is 100 Å². The van der Waals surface area contributed by atoms with Crippen LogP contribution in [0.5, 0.6) is 0 Å². The zero-order valence-corrected chi connectivity index (χ0v) is 46.1. The Balaban J connectivity index is 1.05. The fourth-order valence-corrected chi connectivity index (χ4v) is 9.87. The quantitative estimate of drug-likeness (QED) is 0.0398. The van der Waals surface area contributed by atoms with Crippen LogP contribution in [0.15, 0.2) is 0 Å². The molecular formula is C57H107N11O3. The Labute approximate surface area is 433 Å². The Hall–Kier alpha value is -3.10. The van der Waals surface area contributed by atoms with Crippen LogP contribution in [0.25, 0.3) is 0 Å². The van der Waals surface area contributed by atoms with Crippen molar-refractivity contribution in [3.63, 3.8) is 0 Å². The van der Waals surface area contributed by atoms with E-state index in [1.807, 2.05) is 0 Å². The molecule has 71 heavy (non-hydrogen) atoms. The van der Waals surface area contributed by atoms with E-state index in [0.29, 0.717) is 42.1 Å². The van der Waals surface area contributed by atoms with Gasteiger partial charge in [-0.05, 0) is 89.9 Å². The molecule has 2 aliphatic rings. The molecule has 14 heteroatoms. The van der Waals surface area contributed by atoms with Crippen molar-refractivity contribution in [2.75, 3.05) is 72.6 Å². The van der Waals surface area contributed by atoms with Gasteiger partial charge in [0.05, 0.1) is 12.2 Å². The molecule has 2 aliphatic carbocycles. The summed E-state index contributed by atoms with van der Waals surface area (Å²) in [7, 11) is 0. The molecule has 2 saturated carbocycles. The van der Waals surface area contributed by atoms with E-state index in [-0.39, 0.29) is 0 Å². The summed E-state index contributed by atoms with van der Waals surface area (Å²) in [4.78, 5) is 28.9. The number of hydrogen-bond donors (Lipinski definition) is 5. The van der Waals surface area contributed by atoms with Crippen molar-refractivity contribution in [3.8, 4) is 0 Å². The van der Waals surface area contributed by atoms with Crippen LogP contribution in [0.2, 0.25) is 0 Å². The van der Waals surface area contributed by atoms with Gasteiger partial charge < -0.3 is 40.8 Å². The van der Waals surface area contributed by atoms with Gasteiger partial charge in [-0.2, -0.15) is 29.9 Å². The van der Waals surface area contributed by atoms with Crippen molar-refractivity contribution in [2.45, 2.75) is 283 Å². The minimum Gasteiger partial charge on any atom is -0.381 e. The van der Waals surface area contributed by atoms with E-state index in [0.717, 1.165) is 160 Å². The largest absolute Gasteiger partial charge is 0.381 e. The summed E-state index contributed by atoms with van der Waals surface area (Å²) in [6.07, 6.45) is 43.7. The number of aryl methyl sites for hydroxylation is 1. The zero-order chi connectivity index (χ0) is 50.1. The van der Waals surface area contributed by atoms with Crippen molar-refractivity contribution < 1.29 is 14.2 Å². The highest BCUT2D eigenvalue weighted by atomic mass is 16.5. The highest BCUT2D eigenvalue weighted by molar-refractivity contribution is 5.42. The molecule has 0 spiro atoms. The highest BCUT2D eigenvalue weighted by Gasteiger charge is 2.24. The Morgan fingerprint density at radius 2 is 0.662 bits per heavy atom. The molecule has 0 atom stereocenters. The molecule has 0 saturated heterocycles. The van der Waals surface area contributed by atoms with E-state index < -0.39 is 0 Å². The summed E-state index contributed by atoms with van der Waals surface area (Å²) >= 11 is 0. The first-order valence-corrected chi connectivity index (χ1v) is 30.1. The second kappa shape index (κ2) is 41.3. The molecule has 0 bridgehead atoms. The van der Waals surface area contributed by atoms with Crippen LogP contribution >= 0.6 is 0 Å². The van der Waals surface area contributed by atoms with Crippen LogP contribution in [0.3, 0.4) is 0 Å². The number of rotatable bonds is 46. The van der Waals surface area contributed by atoms with Crippen molar-refractivity contribution in [1.82, 2.24) is 29.9 Å². The Bertz CT molecular complexity index is 1360. The molecule has 4 rings (SSSR count). The number of hydrogen-bond acceptors (Lipinski definition) is 14. The van der Waals surface area contributed by atoms with E-state index in [1.165, 1.54) is 135 Å². The maximum atomic E-state index is 6.32. The molecule has 0 aliphatic heterocycles. The summed E-state index contributed by atoms with van der Waals surface area (Å²) < 4.78 is 18.6. The van der Waals surface area contributed by atoms with Gasteiger partial charge in [0.25, 0.3) is 0 Å². The molecule has 14 nitrogen and oxygen atoms in total. The lowest BCUT2D eigenvalue weighted by molar-refractivity contribution is 0.000697. The highest BCUT2D eigenvalue weighted by Crippen LogP contribution is 2.26. The fourth-order valence-electron chi connectivity index (χ4n) is 9.87. The molecule has 0 aromatic carbocycles. The van der Waals surface area contributed by atoms with Crippen molar-refractivity contribution >= 4 is 29.7 Å². The summed E-state index contributed by atoms with van der Waals surface area (Å²) in [6.45, 7) is 14.7. The third-order valence-electron chi connectivity index (χ3n) is 14.3. The molecule has 408 valence electrons. The number of anilines is 5. The van der Waals surface area contributed by atoms with E-state index in [9.17, 15) is 0 Å². The monoisotopic (exact) mass is 994 g/mol. The normalized spacial score (nSPS) is 18.1. The Morgan fingerprint density at radius 3 is 1.07 bits per heavy atom. The van der Waals surface area contributed by atoms with Gasteiger partial charge in [-0.25, -0.2) is 0 Å². The summed E-state index contributed by atoms with van der Waals surface area (Å²) in [6, 6.07) is 0.697. The number of nitrogens with zero attached hydrogens (tertiary/aromatic N) is 6. The molecule has 0 radical (unpaired) electrons. The van der Waals surface area contributed by atoms with E-state index >= 15 is 0 Å². The summed E-state index contributed by atoms with van der Waals surface area (Å²) in [5.74, 6) is 4.38. The number of aromatic nitrogens is 6. The molecule has 0 unspecified atom stereocenters. The Morgan fingerprint density at radius 1 is 0.338 bits per heavy atom. The van der Waals surface area contributed by atoms with Crippen LogP contribution in [0.1, 0.15) is 258 Å². The lowest BCUT2D eigenvalue weighted by atomic mass is 9.93. The summed E-state index contributed by atoms with van der Waals surface area (Å²) in [5.41, 5.74) is 0. The van der Waals surface area contributed by atoms with Gasteiger partial charge in [-0.3, -0.25) is 0 Å². The predicted octanol–water partition coefficient (Wildman–Crippen LogP) is 14.6. The van der Waals surface area contributed by atoms with Crippen molar-refractivity contribution in [3.05, 3.63) is 5.82 Å². The maximum absolute atomic E-state index is 6.32. The standard InChI is InChI=1S/C57H107N11O3/c1-5-9-13-17-21-22-26-32-52-63-53(58-41-27-23-18-14-10-6-2)66-56(64-52)61-48-33-37-50(38-34-48)70-46-30-44-69-45-31-47-71-51-39-35-49(36-40-51)62-57-67-54(59-42-28-24-19-15-11-7-3)65-55(68-57)60-43-29-25-20-16-12-8-4/h48-51H,5-47H2,1-4H3,(H2,58,61,63,64,66)(H3,59,60,62,65,67,68). The van der Waals surface area contributed by atoms with Crippen LogP contribution in [-0.2, 0) is 20.6 Å². The minimum absolute atomic E-state index is 0.304. The van der Waals surface area contributed by atoms with Crippen LogP contribution in [0, 0.1) is 0 Å². The first kappa shape index (κ1) is 60.5. The lowest BCUT2D eigenvalue weighted by Crippen LogP contribution is -2.31. The molecular weight excluding hydrogens is 887 g/mol. The summed E-state index contributed by atoms with van der Waals surface area (Å²) in [5, 5.41) is 17.8. The van der Waals surface area contributed by atoms with E-state index in [1.54, 1.807) is 0 Å². The second-order valence-electron chi connectivity index (χ2n) is 21.0. The molecule has 2 aromatic heterocycles. The number of ether oxygens (including phenoxy) is 3. The third-order valence-corrected chi connectivity index (χ3v) is 14.3. The van der Waals surface area contributed by atoms with Gasteiger partial charge >= 0.3 is 0 Å². The average molecular weight is 995 g/mol. The first-order chi connectivity index (χ1) is 35.1. The number of unbranched alkanes of at least 4 members (excludes halogenated alkanes) is 21. The van der Waals surface area contributed by atoms with Crippen molar-refractivity contribution in [1.29, 1.82) is 0 Å². The smallest absolute Gasteiger partial charge is 0.229 e. The SMILES string of the molecule is CCCCCCCCCc1nc(NCCCCCCCC)nc(NC2CCC(OCCCOCCCOC3CCC(Nc4nc(NCCCCCCCC)nc(NCCCCCCCC)n4)CC3)CC2)n1. The van der Waals surface area contributed by atoms with Gasteiger partial charge in [-0.15, -0.1) is 0 Å². The fraction of sp³-hybridized carbons (Fsp3) is 0.895. The predicted molar refractivity (Wildman–Crippen MR) is 298 cm³/mol. The van der Waals surface area contributed by atoms with Gasteiger partial charge in [0.2, 0.25) is 29.7 Å². The van der Waals surface area contributed by atoms with E-state index in [4.69, 9.17) is 44.1 Å². The molecule has 2 aromatic rings. The molecule has 2 fully saturated rings. The topological polar surface area (TPSA) is 165 Å². The van der Waals surface area contributed by atoms with Gasteiger partial charge in [0.15, 0.2) is 0 Å². The molecule has 0 amide bonds. The van der Waals surface area contributed by atoms with Crippen molar-refractivity contribution in [2.24, 2.45) is 0 Å².